The minimum atomic E-state index is -4.47. The molecule has 0 spiro atoms. The second-order valence-electron chi connectivity index (χ2n) is 4.43. The van der Waals surface area contributed by atoms with Crippen LogP contribution in [0.5, 0.6) is 11.6 Å². The fourth-order valence-electron chi connectivity index (χ4n) is 2.07. The Morgan fingerprint density at radius 1 is 0.857 bits per heavy atom. The van der Waals surface area contributed by atoms with E-state index < -0.39 is 11.7 Å². The fourth-order valence-corrected chi connectivity index (χ4v) is 2.07. The zero-order chi connectivity index (χ0) is 14.9. The van der Waals surface area contributed by atoms with Crippen LogP contribution in [0, 0.1) is 0 Å². The molecular weight excluding hydrogens is 279 g/mol. The summed E-state index contributed by atoms with van der Waals surface area (Å²) in [6.45, 7) is 0. The molecule has 0 atom stereocenters. The van der Waals surface area contributed by atoms with E-state index >= 15 is 0 Å². The molecule has 3 aromatic rings. The molecule has 0 aliphatic carbocycles. The topological polar surface area (TPSA) is 22.1 Å². The van der Waals surface area contributed by atoms with Gasteiger partial charge in [0, 0.05) is 11.6 Å². The van der Waals surface area contributed by atoms with Crippen LogP contribution in [-0.4, -0.2) is 4.98 Å². The predicted octanol–water partition coefficient (Wildman–Crippen LogP) is 5.05. The maximum absolute atomic E-state index is 13.0. The summed E-state index contributed by atoms with van der Waals surface area (Å²) < 4.78 is 44.3. The van der Waals surface area contributed by atoms with Crippen LogP contribution in [0.15, 0.2) is 60.8 Å². The van der Waals surface area contributed by atoms with Crippen molar-refractivity contribution in [1.82, 2.24) is 4.98 Å². The van der Waals surface area contributed by atoms with Gasteiger partial charge in [0.1, 0.15) is 5.75 Å². The van der Waals surface area contributed by atoms with E-state index in [1.54, 1.807) is 18.2 Å². The van der Waals surface area contributed by atoms with Crippen molar-refractivity contribution < 1.29 is 17.9 Å². The minimum Gasteiger partial charge on any atom is -0.438 e. The third-order valence-electron chi connectivity index (χ3n) is 3.04. The Morgan fingerprint density at radius 2 is 1.57 bits per heavy atom. The summed E-state index contributed by atoms with van der Waals surface area (Å²) in [4.78, 5) is 4.04. The van der Waals surface area contributed by atoms with Gasteiger partial charge < -0.3 is 4.74 Å². The number of fused-ring (bicyclic) bond motifs is 1. The number of rotatable bonds is 2. The Morgan fingerprint density at radius 3 is 2.38 bits per heavy atom. The average molecular weight is 289 g/mol. The first-order valence-corrected chi connectivity index (χ1v) is 6.23. The molecule has 0 radical (unpaired) electrons. The Hall–Kier alpha value is -2.56. The standard InChI is InChI=1S/C16H10F3NO/c17-16(18,19)13-7-3-4-8-14(13)21-15-12-6-2-1-5-11(12)9-10-20-15/h1-10H. The Labute approximate surface area is 118 Å². The van der Waals surface area contributed by atoms with Crippen molar-refractivity contribution >= 4 is 10.8 Å². The van der Waals surface area contributed by atoms with Crippen LogP contribution in [0.25, 0.3) is 10.8 Å². The summed E-state index contributed by atoms with van der Waals surface area (Å²) >= 11 is 0. The van der Waals surface area contributed by atoms with Crippen molar-refractivity contribution in [3.8, 4) is 11.6 Å². The van der Waals surface area contributed by atoms with Crippen LogP contribution in [0.1, 0.15) is 5.56 Å². The highest BCUT2D eigenvalue weighted by Gasteiger charge is 2.34. The minimum absolute atomic E-state index is 0.157. The van der Waals surface area contributed by atoms with E-state index in [4.69, 9.17) is 4.74 Å². The first kappa shape index (κ1) is 13.4. The third-order valence-corrected chi connectivity index (χ3v) is 3.04. The van der Waals surface area contributed by atoms with Crippen LogP contribution in [-0.2, 0) is 6.18 Å². The lowest BCUT2D eigenvalue weighted by atomic mass is 10.1. The lowest BCUT2D eigenvalue weighted by molar-refractivity contribution is -0.138. The van der Waals surface area contributed by atoms with E-state index in [-0.39, 0.29) is 11.6 Å². The van der Waals surface area contributed by atoms with Gasteiger partial charge in [-0.2, -0.15) is 13.2 Å². The Kier molecular flexibility index (Phi) is 3.25. The molecule has 0 amide bonds. The van der Waals surface area contributed by atoms with Crippen molar-refractivity contribution in [2.75, 3.05) is 0 Å². The average Bonchev–Trinajstić information content (AvgIpc) is 2.47. The van der Waals surface area contributed by atoms with Crippen molar-refractivity contribution in [3.05, 3.63) is 66.4 Å². The number of aromatic nitrogens is 1. The molecule has 0 fully saturated rings. The summed E-state index contributed by atoms with van der Waals surface area (Å²) in [6.07, 6.45) is -2.96. The highest BCUT2D eigenvalue weighted by molar-refractivity contribution is 5.86. The van der Waals surface area contributed by atoms with E-state index in [1.807, 2.05) is 12.1 Å². The fraction of sp³-hybridized carbons (Fsp3) is 0.0625. The van der Waals surface area contributed by atoms with Crippen LogP contribution >= 0.6 is 0 Å². The number of nitrogens with zero attached hydrogens (tertiary/aromatic N) is 1. The van der Waals surface area contributed by atoms with Crippen molar-refractivity contribution in [1.29, 1.82) is 0 Å². The van der Waals surface area contributed by atoms with Gasteiger partial charge in [0.2, 0.25) is 5.88 Å². The van der Waals surface area contributed by atoms with Gasteiger partial charge in [0.15, 0.2) is 0 Å². The molecule has 0 aliphatic rings. The van der Waals surface area contributed by atoms with Crippen LogP contribution < -0.4 is 4.74 Å². The second kappa shape index (κ2) is 5.09. The first-order chi connectivity index (χ1) is 10.1. The van der Waals surface area contributed by atoms with E-state index in [2.05, 4.69) is 4.98 Å². The van der Waals surface area contributed by atoms with Crippen LogP contribution in [0.2, 0.25) is 0 Å². The number of para-hydroxylation sites is 1. The van der Waals surface area contributed by atoms with E-state index in [0.717, 1.165) is 11.5 Å². The van der Waals surface area contributed by atoms with Crippen LogP contribution in [0.4, 0.5) is 13.2 Å². The second-order valence-corrected chi connectivity index (χ2v) is 4.43. The summed E-state index contributed by atoms with van der Waals surface area (Å²) in [5.74, 6) is -0.0985. The molecule has 2 aromatic carbocycles. The van der Waals surface area contributed by atoms with Gasteiger partial charge in [-0.25, -0.2) is 4.98 Å². The number of alkyl halides is 3. The van der Waals surface area contributed by atoms with Gasteiger partial charge in [0.25, 0.3) is 0 Å². The van der Waals surface area contributed by atoms with Gasteiger partial charge in [-0.1, -0.05) is 30.3 Å². The number of hydrogen-bond donors (Lipinski definition) is 0. The SMILES string of the molecule is FC(F)(F)c1ccccc1Oc1nccc2ccccc12. The van der Waals surface area contributed by atoms with Gasteiger partial charge in [-0.05, 0) is 29.7 Å². The molecular formula is C16H10F3NO. The molecule has 0 aliphatic heterocycles. The quantitative estimate of drug-likeness (QED) is 0.659. The Balaban J connectivity index is 2.08. The summed E-state index contributed by atoms with van der Waals surface area (Å²) in [7, 11) is 0. The van der Waals surface area contributed by atoms with Gasteiger partial charge in [0.05, 0.1) is 5.56 Å². The molecule has 0 bridgehead atoms. The highest BCUT2D eigenvalue weighted by Crippen LogP contribution is 2.38. The van der Waals surface area contributed by atoms with Crippen molar-refractivity contribution in [2.45, 2.75) is 6.18 Å². The van der Waals surface area contributed by atoms with Crippen molar-refractivity contribution in [2.24, 2.45) is 0 Å². The lowest BCUT2D eigenvalue weighted by Gasteiger charge is -2.13. The molecule has 1 aromatic heterocycles. The predicted molar refractivity (Wildman–Crippen MR) is 73.3 cm³/mol. The Bertz CT molecular complexity index is 778. The molecule has 0 N–H and O–H groups in total. The molecule has 2 nitrogen and oxygen atoms in total. The summed E-state index contributed by atoms with van der Waals surface area (Å²) in [5.41, 5.74) is -0.820. The number of halogens is 3. The monoisotopic (exact) mass is 289 g/mol. The smallest absolute Gasteiger partial charge is 0.419 e. The first-order valence-electron chi connectivity index (χ1n) is 6.23. The third kappa shape index (κ3) is 2.67. The largest absolute Gasteiger partial charge is 0.438 e. The molecule has 21 heavy (non-hydrogen) atoms. The highest BCUT2D eigenvalue weighted by atomic mass is 19.4. The van der Waals surface area contributed by atoms with E-state index in [0.29, 0.717) is 5.39 Å². The maximum atomic E-state index is 13.0. The molecule has 3 rings (SSSR count). The number of benzene rings is 2. The molecule has 0 unspecified atom stereocenters. The molecule has 0 saturated heterocycles. The number of ether oxygens (including phenoxy) is 1. The van der Waals surface area contributed by atoms with E-state index in [1.165, 1.54) is 24.4 Å². The van der Waals surface area contributed by atoms with Gasteiger partial charge >= 0.3 is 6.18 Å². The normalized spacial score (nSPS) is 11.6. The zero-order valence-corrected chi connectivity index (χ0v) is 10.8. The van der Waals surface area contributed by atoms with Crippen molar-refractivity contribution in [3.63, 3.8) is 0 Å². The molecule has 5 heteroatoms. The van der Waals surface area contributed by atoms with Gasteiger partial charge in [-0.3, -0.25) is 0 Å². The molecule has 1 heterocycles. The van der Waals surface area contributed by atoms with Gasteiger partial charge in [-0.15, -0.1) is 0 Å². The van der Waals surface area contributed by atoms with Crippen LogP contribution in [0.3, 0.4) is 0 Å². The lowest BCUT2D eigenvalue weighted by Crippen LogP contribution is -2.07. The number of pyridine rings is 1. The summed E-state index contributed by atoms with van der Waals surface area (Å²) in [6, 6.07) is 14.1. The summed E-state index contributed by atoms with van der Waals surface area (Å²) in [5, 5.41) is 1.52. The number of hydrogen-bond acceptors (Lipinski definition) is 2. The molecule has 106 valence electrons. The zero-order valence-electron chi connectivity index (χ0n) is 10.8. The van der Waals surface area contributed by atoms with E-state index in [9.17, 15) is 13.2 Å². The molecule has 0 saturated carbocycles. The maximum Gasteiger partial charge on any atom is 0.419 e.